The lowest BCUT2D eigenvalue weighted by Gasteiger charge is -2.58. The third-order valence-electron chi connectivity index (χ3n) is 16.1. The Hall–Kier alpha value is -0.940. The van der Waals surface area contributed by atoms with Gasteiger partial charge in [-0.15, -0.1) is 0 Å². The number of allylic oxidation sites excluding steroid dienone is 5. The number of fused-ring (bicyclic) bond motifs is 5. The minimum atomic E-state index is 0.155. The van der Waals surface area contributed by atoms with Crippen LogP contribution >= 0.6 is 0 Å². The standard InChI is InChI=1S/C55H99NO3/c1-9-10-11-12-13-14-15-16-17-18-19-20-21-22-23-25-39-57-44-49(43-56(7)8)59-41-27-24-26-40-58-48-35-37-54(5)47(42-48)31-32-50-52-34-33-51(46(4)30-28-29-45(2)3)55(52,6)38-36-53(50)54/h13-14,16-17,31,45-46,48-53H,9-12,15,18-30,32-44H2,1-8H3/t46?,48-,49?,50?,51?,52?,53?,54-,55+/m0/s1. The van der Waals surface area contributed by atoms with E-state index in [1.807, 2.05) is 0 Å². The molecule has 4 nitrogen and oxygen atoms in total. The molecule has 0 saturated heterocycles. The van der Waals surface area contributed by atoms with E-state index in [1.54, 1.807) is 5.57 Å². The van der Waals surface area contributed by atoms with Crippen molar-refractivity contribution in [3.8, 4) is 0 Å². The first-order valence-corrected chi connectivity index (χ1v) is 26.0. The molecule has 9 atom stereocenters. The van der Waals surface area contributed by atoms with Gasteiger partial charge in [0.05, 0.1) is 18.8 Å². The predicted molar refractivity (Wildman–Crippen MR) is 255 cm³/mol. The van der Waals surface area contributed by atoms with E-state index in [0.717, 1.165) is 87.6 Å². The van der Waals surface area contributed by atoms with Gasteiger partial charge in [0.2, 0.25) is 0 Å². The van der Waals surface area contributed by atoms with E-state index in [9.17, 15) is 0 Å². The fraction of sp³-hybridized carbons (Fsp3) is 0.891. The SMILES string of the molecule is CCCCCC=CCC=CCCCCCCCCOCC(CN(C)C)OCCCCCO[C@H]1CC[C@@]2(C)C(=CCC3C4CCC(C(C)CCCC(C)C)[C@@]4(C)CCC32)C1. The Labute approximate surface area is 367 Å². The normalized spacial score (nSPS) is 29.3. The maximum atomic E-state index is 6.60. The summed E-state index contributed by atoms with van der Waals surface area (Å²) in [5.74, 6) is 5.45. The van der Waals surface area contributed by atoms with Crippen LogP contribution in [0, 0.1) is 46.3 Å². The molecule has 4 aliphatic carbocycles. The number of nitrogens with zero attached hydrogens (tertiary/aromatic N) is 1. The van der Waals surface area contributed by atoms with Crippen LogP contribution in [0.25, 0.3) is 0 Å². The van der Waals surface area contributed by atoms with E-state index < -0.39 is 0 Å². The summed E-state index contributed by atoms with van der Waals surface area (Å²) < 4.78 is 19.1. The van der Waals surface area contributed by atoms with Gasteiger partial charge >= 0.3 is 0 Å². The molecule has 0 aliphatic heterocycles. The number of unbranched alkanes of at least 4 members (excludes halogenated alkanes) is 11. The third kappa shape index (κ3) is 16.9. The van der Waals surface area contributed by atoms with Gasteiger partial charge in [-0.3, -0.25) is 0 Å². The van der Waals surface area contributed by atoms with E-state index in [1.165, 1.54) is 141 Å². The summed E-state index contributed by atoms with van der Waals surface area (Å²) in [6.45, 7) is 19.3. The Morgan fingerprint density at radius 3 is 2.17 bits per heavy atom. The number of ether oxygens (including phenoxy) is 3. The molecule has 0 amide bonds. The highest BCUT2D eigenvalue weighted by molar-refractivity contribution is 5.25. The molecule has 0 bridgehead atoms. The molecule has 0 heterocycles. The Morgan fingerprint density at radius 2 is 1.42 bits per heavy atom. The largest absolute Gasteiger partial charge is 0.379 e. The maximum absolute atomic E-state index is 6.60. The second kappa shape index (κ2) is 28.0. The van der Waals surface area contributed by atoms with Gasteiger partial charge in [0.15, 0.2) is 0 Å². The molecule has 0 spiro atoms. The van der Waals surface area contributed by atoms with Crippen molar-refractivity contribution >= 4 is 0 Å². The van der Waals surface area contributed by atoms with Crippen molar-refractivity contribution in [2.75, 3.05) is 47.1 Å². The molecule has 4 rings (SSSR count). The first-order chi connectivity index (χ1) is 28.6. The molecule has 0 radical (unpaired) electrons. The second-order valence-electron chi connectivity index (χ2n) is 21.5. The molecule has 6 unspecified atom stereocenters. The minimum Gasteiger partial charge on any atom is -0.379 e. The van der Waals surface area contributed by atoms with Crippen molar-refractivity contribution in [3.05, 3.63) is 36.0 Å². The van der Waals surface area contributed by atoms with Crippen molar-refractivity contribution in [1.82, 2.24) is 4.90 Å². The van der Waals surface area contributed by atoms with Crippen LogP contribution in [0.2, 0.25) is 0 Å². The lowest BCUT2D eigenvalue weighted by atomic mass is 9.47. The molecule has 0 aromatic rings. The molecular formula is C55H99NO3. The molecule has 4 heteroatoms. The third-order valence-corrected chi connectivity index (χ3v) is 16.1. The fourth-order valence-electron chi connectivity index (χ4n) is 12.6. The molecule has 0 aromatic heterocycles. The summed E-state index contributed by atoms with van der Waals surface area (Å²) in [6, 6.07) is 0. The van der Waals surface area contributed by atoms with Crippen LogP contribution in [-0.4, -0.2) is 64.2 Å². The molecule has 0 N–H and O–H groups in total. The van der Waals surface area contributed by atoms with Gasteiger partial charge in [-0.25, -0.2) is 0 Å². The van der Waals surface area contributed by atoms with Crippen LogP contribution in [-0.2, 0) is 14.2 Å². The van der Waals surface area contributed by atoms with Crippen molar-refractivity contribution in [3.63, 3.8) is 0 Å². The van der Waals surface area contributed by atoms with Gasteiger partial charge in [-0.2, -0.15) is 0 Å². The molecule has 3 fully saturated rings. The van der Waals surface area contributed by atoms with Gasteiger partial charge in [0.25, 0.3) is 0 Å². The fourth-order valence-corrected chi connectivity index (χ4v) is 12.6. The van der Waals surface area contributed by atoms with E-state index in [0.29, 0.717) is 23.5 Å². The number of hydrogen-bond donors (Lipinski definition) is 0. The number of hydrogen-bond acceptors (Lipinski definition) is 4. The summed E-state index contributed by atoms with van der Waals surface area (Å²) in [5, 5.41) is 0. The molecule has 59 heavy (non-hydrogen) atoms. The monoisotopic (exact) mass is 822 g/mol. The molecule has 4 aliphatic rings. The summed E-state index contributed by atoms with van der Waals surface area (Å²) in [7, 11) is 4.27. The highest BCUT2D eigenvalue weighted by Gasteiger charge is 2.59. The topological polar surface area (TPSA) is 30.9 Å². The van der Waals surface area contributed by atoms with Gasteiger partial charge in [0, 0.05) is 26.4 Å². The Morgan fingerprint density at radius 1 is 0.729 bits per heavy atom. The van der Waals surface area contributed by atoms with Crippen molar-refractivity contribution in [2.24, 2.45) is 46.3 Å². The molecule has 342 valence electrons. The van der Waals surface area contributed by atoms with E-state index in [2.05, 4.69) is 90.9 Å². The van der Waals surface area contributed by atoms with Crippen LogP contribution in [0.5, 0.6) is 0 Å². The van der Waals surface area contributed by atoms with Crippen molar-refractivity contribution < 1.29 is 14.2 Å². The van der Waals surface area contributed by atoms with Crippen molar-refractivity contribution in [1.29, 1.82) is 0 Å². The number of likely N-dealkylation sites (N-methyl/N-ethyl adjacent to an activating group) is 1. The van der Waals surface area contributed by atoms with E-state index in [-0.39, 0.29) is 6.10 Å². The van der Waals surface area contributed by atoms with Crippen LogP contribution in [0.15, 0.2) is 36.0 Å². The molecule has 3 saturated carbocycles. The molecule has 0 aromatic carbocycles. The average Bonchev–Trinajstić information content (AvgIpc) is 3.57. The smallest absolute Gasteiger partial charge is 0.0934 e. The Bertz CT molecular complexity index is 1190. The van der Waals surface area contributed by atoms with Crippen molar-refractivity contribution in [2.45, 2.75) is 221 Å². The van der Waals surface area contributed by atoms with Crippen LogP contribution < -0.4 is 0 Å². The minimum absolute atomic E-state index is 0.155. The van der Waals surface area contributed by atoms with Crippen LogP contribution in [0.3, 0.4) is 0 Å². The van der Waals surface area contributed by atoms with Gasteiger partial charge < -0.3 is 19.1 Å². The number of rotatable bonds is 32. The lowest BCUT2D eigenvalue weighted by Crippen LogP contribution is -2.51. The summed E-state index contributed by atoms with van der Waals surface area (Å²) in [4.78, 5) is 2.23. The highest BCUT2D eigenvalue weighted by Crippen LogP contribution is 2.67. The Kier molecular flexibility index (Phi) is 24.0. The zero-order chi connectivity index (χ0) is 42.4. The zero-order valence-corrected chi connectivity index (χ0v) is 40.6. The van der Waals surface area contributed by atoms with E-state index in [4.69, 9.17) is 14.2 Å². The molecular weight excluding hydrogens is 723 g/mol. The van der Waals surface area contributed by atoms with E-state index >= 15 is 0 Å². The first-order valence-electron chi connectivity index (χ1n) is 26.0. The van der Waals surface area contributed by atoms with Gasteiger partial charge in [-0.1, -0.05) is 135 Å². The quantitative estimate of drug-likeness (QED) is 0.0500. The highest BCUT2D eigenvalue weighted by atomic mass is 16.5. The predicted octanol–water partition coefficient (Wildman–Crippen LogP) is 15.4. The summed E-state index contributed by atoms with van der Waals surface area (Å²) in [6.07, 6.45) is 46.8. The first kappa shape index (κ1) is 50.7. The zero-order valence-electron chi connectivity index (χ0n) is 40.6. The van der Waals surface area contributed by atoms with Crippen LogP contribution in [0.1, 0.15) is 208 Å². The Balaban J connectivity index is 1.02. The van der Waals surface area contributed by atoms with Gasteiger partial charge in [0.1, 0.15) is 0 Å². The van der Waals surface area contributed by atoms with Gasteiger partial charge in [-0.05, 0) is 170 Å². The lowest BCUT2D eigenvalue weighted by molar-refractivity contribution is -0.0642. The summed E-state index contributed by atoms with van der Waals surface area (Å²) in [5.41, 5.74) is 2.76. The average molecular weight is 822 g/mol. The van der Waals surface area contributed by atoms with Crippen LogP contribution in [0.4, 0.5) is 0 Å². The second-order valence-corrected chi connectivity index (χ2v) is 21.5. The maximum Gasteiger partial charge on any atom is 0.0934 e. The summed E-state index contributed by atoms with van der Waals surface area (Å²) >= 11 is 0.